The van der Waals surface area contributed by atoms with E-state index in [0.29, 0.717) is 17.8 Å². The Morgan fingerprint density at radius 1 is 1.08 bits per heavy atom. The lowest BCUT2D eigenvalue weighted by molar-refractivity contribution is 0.576. The summed E-state index contributed by atoms with van der Waals surface area (Å²) in [5, 5.41) is 0. The highest BCUT2D eigenvalue weighted by Gasteiger charge is 2.16. The number of nitrogens with one attached hydrogen (secondary N) is 1. The molecule has 0 atom stereocenters. The lowest BCUT2D eigenvalue weighted by Crippen LogP contribution is -2.24. The molecule has 0 unspecified atom stereocenters. The van der Waals surface area contributed by atoms with Crippen molar-refractivity contribution in [3.8, 4) is 0 Å². The van der Waals surface area contributed by atoms with Gasteiger partial charge in [0.15, 0.2) is 0 Å². The van der Waals surface area contributed by atoms with E-state index in [0.717, 1.165) is 41.7 Å². The van der Waals surface area contributed by atoms with Crippen molar-refractivity contribution in [2.45, 2.75) is 37.6 Å². The van der Waals surface area contributed by atoms with Crippen LogP contribution in [0.4, 0.5) is 0 Å². The molecular weight excluding hydrogens is 368 g/mol. The van der Waals surface area contributed by atoms with Crippen LogP contribution >= 0.6 is 11.3 Å². The van der Waals surface area contributed by atoms with Crippen molar-refractivity contribution in [2.24, 2.45) is 0 Å². The van der Waals surface area contributed by atoms with Crippen LogP contribution in [0.25, 0.3) is 10.2 Å². The molecule has 3 rings (SSSR count). The second kappa shape index (κ2) is 8.16. The molecule has 1 aromatic heterocycles. The SMILES string of the molecule is CCCCCNS(=O)(=O)c1ccc2c(c1)sc(=O)n2Cc1ccccc1. The molecule has 0 fully saturated rings. The van der Waals surface area contributed by atoms with Gasteiger partial charge in [-0.15, -0.1) is 0 Å². The molecule has 0 saturated carbocycles. The van der Waals surface area contributed by atoms with Crippen molar-refractivity contribution in [1.29, 1.82) is 0 Å². The third-order valence-electron chi connectivity index (χ3n) is 4.21. The second-order valence-corrected chi connectivity index (χ2v) is 8.93. The summed E-state index contributed by atoms with van der Waals surface area (Å²) in [7, 11) is -3.55. The van der Waals surface area contributed by atoms with E-state index in [-0.39, 0.29) is 9.77 Å². The van der Waals surface area contributed by atoms with Crippen LogP contribution in [0.5, 0.6) is 0 Å². The van der Waals surface area contributed by atoms with Gasteiger partial charge in [0.1, 0.15) is 0 Å². The minimum absolute atomic E-state index is 0.0886. The van der Waals surface area contributed by atoms with E-state index in [9.17, 15) is 13.2 Å². The number of fused-ring (bicyclic) bond motifs is 1. The molecule has 0 bridgehead atoms. The van der Waals surface area contributed by atoms with Gasteiger partial charge < -0.3 is 0 Å². The van der Waals surface area contributed by atoms with Crippen molar-refractivity contribution < 1.29 is 8.42 Å². The molecule has 138 valence electrons. The zero-order chi connectivity index (χ0) is 18.6. The van der Waals surface area contributed by atoms with Gasteiger partial charge in [-0.1, -0.05) is 61.4 Å². The van der Waals surface area contributed by atoms with Gasteiger partial charge in [-0.3, -0.25) is 9.36 Å². The van der Waals surface area contributed by atoms with Gasteiger partial charge in [0.25, 0.3) is 0 Å². The third-order valence-corrected chi connectivity index (χ3v) is 6.61. The van der Waals surface area contributed by atoms with Gasteiger partial charge in [0.2, 0.25) is 10.0 Å². The maximum absolute atomic E-state index is 12.4. The molecule has 1 heterocycles. The maximum Gasteiger partial charge on any atom is 0.308 e. The Labute approximate surface area is 157 Å². The maximum atomic E-state index is 12.4. The summed E-state index contributed by atoms with van der Waals surface area (Å²) in [5.41, 5.74) is 1.79. The van der Waals surface area contributed by atoms with E-state index < -0.39 is 10.0 Å². The fraction of sp³-hybridized carbons (Fsp3) is 0.316. The summed E-state index contributed by atoms with van der Waals surface area (Å²) in [6.07, 6.45) is 2.85. The van der Waals surface area contributed by atoms with Gasteiger partial charge in [-0.05, 0) is 30.2 Å². The highest BCUT2D eigenvalue weighted by Crippen LogP contribution is 2.22. The molecule has 0 radical (unpaired) electrons. The van der Waals surface area contributed by atoms with Crippen LogP contribution in [0.2, 0.25) is 0 Å². The topological polar surface area (TPSA) is 68.2 Å². The first-order chi connectivity index (χ1) is 12.5. The van der Waals surface area contributed by atoms with Crippen LogP contribution in [-0.2, 0) is 16.6 Å². The summed E-state index contributed by atoms with van der Waals surface area (Å²) < 4.78 is 29.9. The molecule has 0 aliphatic rings. The standard InChI is InChI=1S/C19H22N2O3S2/c1-2-3-7-12-20-26(23,24)16-10-11-17-18(13-16)25-19(22)21(17)14-15-8-5-4-6-9-15/h4-6,8-11,13,20H,2-3,7,12,14H2,1H3. The lowest BCUT2D eigenvalue weighted by Gasteiger charge is -2.07. The zero-order valence-corrected chi connectivity index (χ0v) is 16.3. The number of hydrogen-bond acceptors (Lipinski definition) is 4. The van der Waals surface area contributed by atoms with E-state index in [1.165, 1.54) is 0 Å². The lowest BCUT2D eigenvalue weighted by atomic mass is 10.2. The van der Waals surface area contributed by atoms with Crippen molar-refractivity contribution in [2.75, 3.05) is 6.54 Å². The summed E-state index contributed by atoms with van der Waals surface area (Å²) in [6.45, 7) is 2.98. The largest absolute Gasteiger partial charge is 0.308 e. The number of aromatic nitrogens is 1. The van der Waals surface area contributed by atoms with Gasteiger partial charge >= 0.3 is 4.87 Å². The zero-order valence-electron chi connectivity index (χ0n) is 14.6. The molecule has 2 aromatic carbocycles. The third kappa shape index (κ3) is 4.23. The van der Waals surface area contributed by atoms with Crippen LogP contribution < -0.4 is 9.60 Å². The van der Waals surface area contributed by atoms with Crippen molar-refractivity contribution in [3.63, 3.8) is 0 Å². The molecule has 7 heteroatoms. The number of rotatable bonds is 8. The van der Waals surface area contributed by atoms with Gasteiger partial charge in [-0.25, -0.2) is 13.1 Å². The Morgan fingerprint density at radius 3 is 2.58 bits per heavy atom. The molecule has 0 saturated heterocycles. The fourth-order valence-electron chi connectivity index (χ4n) is 2.79. The second-order valence-electron chi connectivity index (χ2n) is 6.17. The summed E-state index contributed by atoms with van der Waals surface area (Å²) >= 11 is 1.08. The monoisotopic (exact) mass is 390 g/mol. The van der Waals surface area contributed by atoms with Gasteiger partial charge in [0, 0.05) is 6.54 Å². The first-order valence-electron chi connectivity index (χ1n) is 8.68. The van der Waals surface area contributed by atoms with E-state index in [2.05, 4.69) is 11.6 Å². The summed E-state index contributed by atoms with van der Waals surface area (Å²) in [6, 6.07) is 14.6. The van der Waals surface area contributed by atoms with Gasteiger partial charge in [0.05, 0.1) is 21.7 Å². The molecule has 0 amide bonds. The van der Waals surface area contributed by atoms with Crippen molar-refractivity contribution in [1.82, 2.24) is 9.29 Å². The van der Waals surface area contributed by atoms with Crippen LogP contribution in [-0.4, -0.2) is 19.5 Å². The van der Waals surface area contributed by atoms with E-state index in [1.807, 2.05) is 30.3 Å². The normalized spacial score (nSPS) is 11.9. The quantitative estimate of drug-likeness (QED) is 0.598. The van der Waals surface area contributed by atoms with Gasteiger partial charge in [-0.2, -0.15) is 0 Å². The number of benzene rings is 2. The number of unbranched alkanes of at least 4 members (excludes halogenated alkanes) is 2. The van der Waals surface area contributed by atoms with E-state index in [1.54, 1.807) is 22.8 Å². The van der Waals surface area contributed by atoms with Crippen LogP contribution in [0.3, 0.4) is 0 Å². The van der Waals surface area contributed by atoms with Crippen LogP contribution in [0.15, 0.2) is 58.2 Å². The Kier molecular flexibility index (Phi) is 5.90. The van der Waals surface area contributed by atoms with Crippen LogP contribution in [0.1, 0.15) is 31.7 Å². The highest BCUT2D eigenvalue weighted by molar-refractivity contribution is 7.89. The number of thiazole rings is 1. The van der Waals surface area contributed by atoms with E-state index >= 15 is 0 Å². The van der Waals surface area contributed by atoms with Crippen LogP contribution in [0, 0.1) is 0 Å². The molecule has 26 heavy (non-hydrogen) atoms. The highest BCUT2D eigenvalue weighted by atomic mass is 32.2. The number of nitrogens with zero attached hydrogens (tertiary/aromatic N) is 1. The van der Waals surface area contributed by atoms with Crippen molar-refractivity contribution >= 4 is 31.6 Å². The Bertz CT molecular complexity index is 1040. The molecule has 5 nitrogen and oxygen atoms in total. The van der Waals surface area contributed by atoms with E-state index in [4.69, 9.17) is 0 Å². The molecule has 0 aliphatic carbocycles. The first-order valence-corrected chi connectivity index (χ1v) is 11.0. The molecule has 1 N–H and O–H groups in total. The fourth-order valence-corrected chi connectivity index (χ4v) is 4.90. The summed E-state index contributed by atoms with van der Waals surface area (Å²) in [5.74, 6) is 0. The average Bonchev–Trinajstić information content (AvgIpc) is 2.94. The Hall–Kier alpha value is -1.96. The predicted molar refractivity (Wildman–Crippen MR) is 106 cm³/mol. The first kappa shape index (κ1) is 18.8. The minimum Gasteiger partial charge on any atom is -0.294 e. The molecule has 0 spiro atoms. The smallest absolute Gasteiger partial charge is 0.294 e. The number of hydrogen-bond donors (Lipinski definition) is 1. The molecule has 3 aromatic rings. The Balaban J connectivity index is 1.87. The Morgan fingerprint density at radius 2 is 1.85 bits per heavy atom. The minimum atomic E-state index is -3.55. The average molecular weight is 391 g/mol. The summed E-state index contributed by atoms with van der Waals surface area (Å²) in [4.78, 5) is 12.5. The number of sulfonamides is 1. The molecular formula is C19H22N2O3S2. The predicted octanol–water partition coefficient (Wildman–Crippen LogP) is 3.58. The molecule has 0 aliphatic heterocycles. The van der Waals surface area contributed by atoms with Crippen molar-refractivity contribution in [3.05, 3.63) is 63.8 Å².